The van der Waals surface area contributed by atoms with Gasteiger partial charge in [0.15, 0.2) is 23.2 Å². The van der Waals surface area contributed by atoms with E-state index in [2.05, 4.69) is 28.2 Å². The van der Waals surface area contributed by atoms with Crippen molar-refractivity contribution in [2.45, 2.75) is 12.3 Å². The number of nitrogens with one attached hydrogen (secondary N) is 1. The lowest BCUT2D eigenvalue weighted by atomic mass is 10.0. The van der Waals surface area contributed by atoms with E-state index in [1.807, 2.05) is 42.5 Å². The Labute approximate surface area is 205 Å². The Hall–Kier alpha value is -3.90. The number of hydrogen-bond donors (Lipinski definition) is 1. The van der Waals surface area contributed by atoms with Gasteiger partial charge < -0.3 is 24.6 Å². The molecule has 0 bridgehead atoms. The van der Waals surface area contributed by atoms with Gasteiger partial charge in [0.2, 0.25) is 5.91 Å². The number of methoxy groups -OCH3 is 2. The minimum Gasteiger partial charge on any atom is -0.493 e. The van der Waals surface area contributed by atoms with Crippen molar-refractivity contribution in [2.24, 2.45) is 0 Å². The Balaban J connectivity index is 1.54. The maximum absolute atomic E-state index is 13.1. The van der Waals surface area contributed by atoms with E-state index in [1.165, 1.54) is 0 Å². The number of aromatic nitrogens is 2. The van der Waals surface area contributed by atoms with Gasteiger partial charge in [0, 0.05) is 32.7 Å². The Bertz CT molecular complexity index is 1230. The van der Waals surface area contributed by atoms with Gasteiger partial charge >= 0.3 is 0 Å². The van der Waals surface area contributed by atoms with Crippen LogP contribution in [0.25, 0.3) is 11.0 Å². The van der Waals surface area contributed by atoms with E-state index in [0.717, 1.165) is 37.3 Å². The minimum atomic E-state index is -1.06. The fourth-order valence-corrected chi connectivity index (χ4v) is 4.16. The average molecular weight is 475 g/mol. The molecule has 1 amide bonds. The van der Waals surface area contributed by atoms with Gasteiger partial charge in [0.05, 0.1) is 31.3 Å². The van der Waals surface area contributed by atoms with Crippen LogP contribution < -0.4 is 19.7 Å². The highest BCUT2D eigenvalue weighted by molar-refractivity contribution is 5.88. The number of benzene rings is 2. The van der Waals surface area contributed by atoms with Crippen LogP contribution in [0.1, 0.15) is 17.2 Å². The van der Waals surface area contributed by atoms with Gasteiger partial charge in [-0.25, -0.2) is 9.97 Å². The molecule has 1 atom stereocenters. The second kappa shape index (κ2) is 11.0. The van der Waals surface area contributed by atoms with Crippen LogP contribution in [0.5, 0.6) is 11.5 Å². The molecule has 0 unspecified atom stereocenters. The molecule has 1 N–H and O–H groups in total. The second-order valence-corrected chi connectivity index (χ2v) is 8.50. The predicted molar refractivity (Wildman–Crippen MR) is 134 cm³/mol. The summed E-state index contributed by atoms with van der Waals surface area (Å²) in [6, 6.07) is 15.3. The van der Waals surface area contributed by atoms with Crippen LogP contribution in [-0.4, -0.2) is 74.8 Å². The number of amides is 1. The number of carbonyl (C=O) groups excluding carboxylic acids is 1. The molecule has 0 saturated carbocycles. The van der Waals surface area contributed by atoms with Crippen molar-refractivity contribution < 1.29 is 14.3 Å². The van der Waals surface area contributed by atoms with Crippen LogP contribution in [0.4, 0.5) is 5.82 Å². The lowest BCUT2D eigenvalue weighted by Gasteiger charge is -2.34. The van der Waals surface area contributed by atoms with E-state index >= 15 is 0 Å². The molecule has 1 aliphatic heterocycles. The molecule has 2 heterocycles. The van der Waals surface area contributed by atoms with Gasteiger partial charge in [-0.15, -0.1) is 0 Å². The van der Waals surface area contributed by atoms with Gasteiger partial charge in [0.1, 0.15) is 5.69 Å². The highest BCUT2D eigenvalue weighted by atomic mass is 16.5. The summed E-state index contributed by atoms with van der Waals surface area (Å²) in [5.74, 6) is 0.448. The van der Waals surface area contributed by atoms with Crippen molar-refractivity contribution in [2.75, 3.05) is 58.9 Å². The van der Waals surface area contributed by atoms with Gasteiger partial charge in [-0.2, -0.15) is 5.26 Å². The fourth-order valence-electron chi connectivity index (χ4n) is 4.16. The standard InChI is InChI=1S/C26H30N6O3/c1-31-12-14-32(15-13-31)25-24(29-20-6-4-5-7-21(20)30-25)19(17-27)26(33)28-11-10-18-8-9-22(34-2)23(16-18)35-3/h4-9,16,19H,10-15H2,1-3H3,(H,28,33)/t19-/m1/s1. The van der Waals surface area contributed by atoms with Crippen molar-refractivity contribution in [3.05, 3.63) is 53.7 Å². The molecule has 4 rings (SSSR count). The first-order valence-corrected chi connectivity index (χ1v) is 11.6. The van der Waals surface area contributed by atoms with Crippen molar-refractivity contribution in [1.29, 1.82) is 5.26 Å². The minimum absolute atomic E-state index is 0.372. The molecule has 0 aliphatic carbocycles. The number of ether oxygens (including phenoxy) is 2. The summed E-state index contributed by atoms with van der Waals surface area (Å²) in [5.41, 5.74) is 2.80. The molecular weight excluding hydrogens is 444 g/mol. The zero-order valence-corrected chi connectivity index (χ0v) is 20.3. The summed E-state index contributed by atoms with van der Waals surface area (Å²) in [6.07, 6.45) is 0.582. The van der Waals surface area contributed by atoms with Crippen LogP contribution in [-0.2, 0) is 11.2 Å². The van der Waals surface area contributed by atoms with Crippen LogP contribution in [0, 0.1) is 11.3 Å². The Kier molecular flexibility index (Phi) is 7.63. The molecule has 0 radical (unpaired) electrons. The number of carbonyl (C=O) groups is 1. The first kappa shape index (κ1) is 24.2. The predicted octanol–water partition coefficient (Wildman–Crippen LogP) is 2.36. The molecule has 0 spiro atoms. The number of likely N-dealkylation sites (N-methyl/N-ethyl adjacent to an activating group) is 1. The molecule has 1 aliphatic rings. The summed E-state index contributed by atoms with van der Waals surface area (Å²) in [5, 5.41) is 12.9. The molecule has 182 valence electrons. The van der Waals surface area contributed by atoms with Crippen LogP contribution >= 0.6 is 0 Å². The third-order valence-electron chi connectivity index (χ3n) is 6.21. The van der Waals surface area contributed by atoms with Crippen molar-refractivity contribution >= 4 is 22.8 Å². The number of nitriles is 1. The van der Waals surface area contributed by atoms with Crippen LogP contribution in [0.3, 0.4) is 0 Å². The number of piperazine rings is 1. The summed E-state index contributed by atoms with van der Waals surface area (Å²) >= 11 is 0. The topological polar surface area (TPSA) is 104 Å². The Morgan fingerprint density at radius 1 is 1.06 bits per heavy atom. The van der Waals surface area contributed by atoms with E-state index in [-0.39, 0.29) is 5.91 Å². The Morgan fingerprint density at radius 2 is 1.74 bits per heavy atom. The molecule has 3 aromatic rings. The third kappa shape index (κ3) is 5.44. The van der Waals surface area contributed by atoms with Crippen LogP contribution in [0.2, 0.25) is 0 Å². The number of nitrogens with zero attached hydrogens (tertiary/aromatic N) is 5. The summed E-state index contributed by atoms with van der Waals surface area (Å²) in [7, 11) is 5.25. The van der Waals surface area contributed by atoms with Gasteiger partial charge in [0.25, 0.3) is 0 Å². The quantitative estimate of drug-likeness (QED) is 0.531. The van der Waals surface area contributed by atoms with E-state index in [1.54, 1.807) is 14.2 Å². The zero-order chi connectivity index (χ0) is 24.8. The lowest BCUT2D eigenvalue weighted by molar-refractivity contribution is -0.121. The smallest absolute Gasteiger partial charge is 0.243 e. The van der Waals surface area contributed by atoms with E-state index in [4.69, 9.17) is 19.4 Å². The first-order chi connectivity index (χ1) is 17.0. The first-order valence-electron chi connectivity index (χ1n) is 11.6. The highest BCUT2D eigenvalue weighted by Crippen LogP contribution is 2.29. The number of anilines is 1. The van der Waals surface area contributed by atoms with Crippen molar-refractivity contribution in [3.63, 3.8) is 0 Å². The normalized spacial score (nSPS) is 14.9. The molecule has 35 heavy (non-hydrogen) atoms. The van der Waals surface area contributed by atoms with Gasteiger partial charge in [-0.05, 0) is 43.3 Å². The third-order valence-corrected chi connectivity index (χ3v) is 6.21. The monoisotopic (exact) mass is 474 g/mol. The number of rotatable bonds is 8. The molecule has 1 fully saturated rings. The Morgan fingerprint density at radius 3 is 2.40 bits per heavy atom. The fraction of sp³-hybridized carbons (Fsp3) is 0.385. The average Bonchev–Trinajstić information content (AvgIpc) is 2.89. The maximum Gasteiger partial charge on any atom is 0.243 e. The molecular formula is C26H30N6O3. The number of hydrogen-bond acceptors (Lipinski definition) is 8. The zero-order valence-electron chi connectivity index (χ0n) is 20.3. The van der Waals surface area contributed by atoms with Crippen molar-refractivity contribution in [1.82, 2.24) is 20.2 Å². The highest BCUT2D eigenvalue weighted by Gasteiger charge is 2.29. The van der Waals surface area contributed by atoms with Gasteiger partial charge in [-0.1, -0.05) is 18.2 Å². The van der Waals surface area contributed by atoms with E-state index < -0.39 is 5.92 Å². The summed E-state index contributed by atoms with van der Waals surface area (Å²) < 4.78 is 10.6. The van der Waals surface area contributed by atoms with Crippen molar-refractivity contribution in [3.8, 4) is 17.6 Å². The van der Waals surface area contributed by atoms with E-state index in [9.17, 15) is 10.1 Å². The summed E-state index contributed by atoms with van der Waals surface area (Å²) in [6.45, 7) is 3.65. The summed E-state index contributed by atoms with van der Waals surface area (Å²) in [4.78, 5) is 27.1. The van der Waals surface area contributed by atoms with E-state index in [0.29, 0.717) is 41.5 Å². The molecule has 1 aromatic heterocycles. The SMILES string of the molecule is COc1ccc(CCNC(=O)[C@H](C#N)c2nc3ccccc3nc2N2CCN(C)CC2)cc1OC. The number of fused-ring (bicyclic) bond motifs is 1. The molecule has 2 aromatic carbocycles. The maximum atomic E-state index is 13.1. The molecule has 9 heteroatoms. The second-order valence-electron chi connectivity index (χ2n) is 8.50. The number of para-hydroxylation sites is 2. The molecule has 9 nitrogen and oxygen atoms in total. The largest absolute Gasteiger partial charge is 0.493 e. The van der Waals surface area contributed by atoms with Gasteiger partial charge in [-0.3, -0.25) is 4.79 Å². The molecule has 1 saturated heterocycles. The van der Waals surface area contributed by atoms with Crippen LogP contribution in [0.15, 0.2) is 42.5 Å². The lowest BCUT2D eigenvalue weighted by Crippen LogP contribution is -2.45.